The number of amides is 2. The molecule has 0 aromatic heterocycles. The summed E-state index contributed by atoms with van der Waals surface area (Å²) in [6.07, 6.45) is 1.85. The number of aryl methyl sites for hydroxylation is 1. The first kappa shape index (κ1) is 20.2. The van der Waals surface area contributed by atoms with Gasteiger partial charge in [0.15, 0.2) is 0 Å². The van der Waals surface area contributed by atoms with Crippen LogP contribution in [0.2, 0.25) is 0 Å². The third kappa shape index (κ3) is 5.99. The largest absolute Gasteiger partial charge is 0.343 e. The molecule has 0 spiro atoms. The van der Waals surface area contributed by atoms with E-state index in [4.69, 9.17) is 0 Å². The Morgan fingerprint density at radius 3 is 1.92 bits per heavy atom. The van der Waals surface area contributed by atoms with Gasteiger partial charge in [0.05, 0.1) is 0 Å². The molecule has 4 heteroatoms. The lowest BCUT2D eigenvalue weighted by molar-refractivity contribution is -0.141. The Labute approximate surface area is 146 Å². The van der Waals surface area contributed by atoms with Crippen LogP contribution in [-0.2, 0) is 16.0 Å². The summed E-state index contributed by atoms with van der Waals surface area (Å²) >= 11 is 0. The average Bonchev–Trinajstić information content (AvgIpc) is 2.61. The fraction of sp³-hybridized carbons (Fsp3) is 0.600. The zero-order chi connectivity index (χ0) is 17.9. The zero-order valence-electron chi connectivity index (χ0n) is 15.6. The molecule has 1 aromatic carbocycles. The summed E-state index contributed by atoms with van der Waals surface area (Å²) in [6, 6.07) is 10.2. The van der Waals surface area contributed by atoms with Gasteiger partial charge in [-0.2, -0.15) is 0 Å². The van der Waals surface area contributed by atoms with Crippen molar-refractivity contribution < 1.29 is 9.59 Å². The molecule has 0 saturated carbocycles. The minimum absolute atomic E-state index is 0.0820. The van der Waals surface area contributed by atoms with Gasteiger partial charge in [-0.1, -0.05) is 30.3 Å². The maximum atomic E-state index is 12.8. The Hall–Kier alpha value is -1.84. The molecule has 1 atom stereocenters. The molecule has 0 aliphatic heterocycles. The number of carbonyl (C=O) groups is 2. The molecule has 24 heavy (non-hydrogen) atoms. The number of rotatable bonds is 10. The summed E-state index contributed by atoms with van der Waals surface area (Å²) in [7, 11) is 0. The zero-order valence-corrected chi connectivity index (χ0v) is 15.6. The Morgan fingerprint density at radius 2 is 1.42 bits per heavy atom. The molecule has 1 aromatic rings. The van der Waals surface area contributed by atoms with Crippen LogP contribution in [0.15, 0.2) is 30.3 Å². The predicted octanol–water partition coefficient (Wildman–Crippen LogP) is 3.36. The van der Waals surface area contributed by atoms with Crippen molar-refractivity contribution in [3.63, 3.8) is 0 Å². The third-order valence-corrected chi connectivity index (χ3v) is 4.59. The van der Waals surface area contributed by atoms with Crippen molar-refractivity contribution in [2.75, 3.05) is 26.2 Å². The molecule has 0 aliphatic carbocycles. The van der Waals surface area contributed by atoms with Gasteiger partial charge < -0.3 is 9.80 Å². The van der Waals surface area contributed by atoms with Crippen molar-refractivity contribution in [3.8, 4) is 0 Å². The van der Waals surface area contributed by atoms with E-state index >= 15 is 0 Å². The molecule has 1 unspecified atom stereocenters. The van der Waals surface area contributed by atoms with Crippen LogP contribution >= 0.6 is 0 Å². The Kier molecular flexibility index (Phi) is 9.13. The Balaban J connectivity index is 2.81. The lowest BCUT2D eigenvalue weighted by atomic mass is 9.94. The minimum atomic E-state index is -0.238. The van der Waals surface area contributed by atoms with E-state index in [0.29, 0.717) is 39.0 Å². The lowest BCUT2D eigenvalue weighted by Crippen LogP contribution is -2.39. The number of hydrogen-bond donors (Lipinski definition) is 0. The molecule has 0 radical (unpaired) electrons. The van der Waals surface area contributed by atoms with E-state index in [1.165, 1.54) is 5.56 Å². The van der Waals surface area contributed by atoms with E-state index in [1.807, 2.05) is 55.7 Å². The van der Waals surface area contributed by atoms with Crippen molar-refractivity contribution in [3.05, 3.63) is 35.9 Å². The van der Waals surface area contributed by atoms with Gasteiger partial charge in [-0.3, -0.25) is 9.59 Å². The summed E-state index contributed by atoms with van der Waals surface area (Å²) in [4.78, 5) is 29.0. The molecule has 134 valence electrons. The average molecular weight is 332 g/mol. The van der Waals surface area contributed by atoms with Crippen molar-refractivity contribution >= 4 is 11.8 Å². The molecule has 0 saturated heterocycles. The van der Waals surface area contributed by atoms with Crippen LogP contribution < -0.4 is 0 Å². The highest BCUT2D eigenvalue weighted by atomic mass is 16.2. The van der Waals surface area contributed by atoms with Crippen LogP contribution in [0, 0.1) is 5.92 Å². The summed E-state index contributed by atoms with van der Waals surface area (Å²) < 4.78 is 0. The highest BCUT2D eigenvalue weighted by Gasteiger charge is 2.26. The predicted molar refractivity (Wildman–Crippen MR) is 98.7 cm³/mol. The van der Waals surface area contributed by atoms with Crippen LogP contribution in [0.3, 0.4) is 0 Å². The van der Waals surface area contributed by atoms with Crippen molar-refractivity contribution in [2.24, 2.45) is 5.92 Å². The SMILES string of the molecule is CCN(CC)C(=O)CC(CCc1ccccc1)C(=O)N(CC)CC. The summed E-state index contributed by atoms with van der Waals surface area (Å²) in [5, 5.41) is 0. The maximum absolute atomic E-state index is 12.8. The van der Waals surface area contributed by atoms with Crippen molar-refractivity contribution in [1.29, 1.82) is 0 Å². The fourth-order valence-electron chi connectivity index (χ4n) is 3.01. The second-order valence-corrected chi connectivity index (χ2v) is 6.00. The highest BCUT2D eigenvalue weighted by molar-refractivity contribution is 5.85. The third-order valence-electron chi connectivity index (χ3n) is 4.59. The number of nitrogens with zero attached hydrogens (tertiary/aromatic N) is 2. The number of hydrogen-bond acceptors (Lipinski definition) is 2. The molecule has 0 bridgehead atoms. The quantitative estimate of drug-likeness (QED) is 0.659. The molecule has 0 heterocycles. The normalized spacial score (nSPS) is 11.8. The molecule has 0 N–H and O–H groups in total. The van der Waals surface area contributed by atoms with E-state index in [9.17, 15) is 9.59 Å². The van der Waals surface area contributed by atoms with Gasteiger partial charge in [0.2, 0.25) is 11.8 Å². The van der Waals surface area contributed by atoms with Crippen LogP contribution in [0.25, 0.3) is 0 Å². The maximum Gasteiger partial charge on any atom is 0.226 e. The number of carbonyl (C=O) groups excluding carboxylic acids is 2. The van der Waals surface area contributed by atoms with Gasteiger partial charge in [-0.25, -0.2) is 0 Å². The van der Waals surface area contributed by atoms with E-state index in [0.717, 1.165) is 6.42 Å². The van der Waals surface area contributed by atoms with Gasteiger partial charge in [-0.15, -0.1) is 0 Å². The van der Waals surface area contributed by atoms with Gasteiger partial charge >= 0.3 is 0 Å². The smallest absolute Gasteiger partial charge is 0.226 e. The first-order valence-corrected chi connectivity index (χ1v) is 9.17. The van der Waals surface area contributed by atoms with E-state index in [2.05, 4.69) is 12.1 Å². The minimum Gasteiger partial charge on any atom is -0.343 e. The van der Waals surface area contributed by atoms with Gasteiger partial charge in [0, 0.05) is 38.5 Å². The molecule has 1 rings (SSSR count). The second kappa shape index (κ2) is 10.8. The van der Waals surface area contributed by atoms with Crippen LogP contribution in [-0.4, -0.2) is 47.8 Å². The van der Waals surface area contributed by atoms with Crippen LogP contribution in [0.4, 0.5) is 0 Å². The van der Waals surface area contributed by atoms with Gasteiger partial charge in [0.25, 0.3) is 0 Å². The molecular weight excluding hydrogens is 300 g/mol. The van der Waals surface area contributed by atoms with E-state index < -0.39 is 0 Å². The monoisotopic (exact) mass is 332 g/mol. The fourth-order valence-corrected chi connectivity index (χ4v) is 3.01. The van der Waals surface area contributed by atoms with Crippen molar-refractivity contribution in [2.45, 2.75) is 47.0 Å². The Bertz CT molecular complexity index is 494. The standard InChI is InChI=1S/C20H32N2O2/c1-5-21(6-2)19(23)16-18(20(24)22(7-3)8-4)15-14-17-12-10-9-11-13-17/h9-13,18H,5-8,14-16H2,1-4H3. The topological polar surface area (TPSA) is 40.6 Å². The van der Waals surface area contributed by atoms with Gasteiger partial charge in [-0.05, 0) is 46.1 Å². The first-order chi connectivity index (χ1) is 11.6. The molecule has 2 amide bonds. The van der Waals surface area contributed by atoms with Crippen LogP contribution in [0.5, 0.6) is 0 Å². The molecule has 0 fully saturated rings. The Morgan fingerprint density at radius 1 is 0.875 bits per heavy atom. The first-order valence-electron chi connectivity index (χ1n) is 9.17. The van der Waals surface area contributed by atoms with Crippen molar-refractivity contribution in [1.82, 2.24) is 9.80 Å². The van der Waals surface area contributed by atoms with E-state index in [-0.39, 0.29) is 17.7 Å². The lowest BCUT2D eigenvalue weighted by Gasteiger charge is -2.27. The summed E-state index contributed by atoms with van der Waals surface area (Å²) in [6.45, 7) is 10.7. The molecular formula is C20H32N2O2. The van der Waals surface area contributed by atoms with Crippen LogP contribution in [0.1, 0.15) is 46.1 Å². The van der Waals surface area contributed by atoms with E-state index in [1.54, 1.807) is 0 Å². The summed E-state index contributed by atoms with van der Waals surface area (Å²) in [5.41, 5.74) is 1.21. The molecule has 4 nitrogen and oxygen atoms in total. The highest BCUT2D eigenvalue weighted by Crippen LogP contribution is 2.18. The second-order valence-electron chi connectivity index (χ2n) is 6.00. The molecule has 0 aliphatic rings. The van der Waals surface area contributed by atoms with Gasteiger partial charge in [0.1, 0.15) is 0 Å². The summed E-state index contributed by atoms with van der Waals surface area (Å²) in [5.74, 6) is -0.0480. The number of benzene rings is 1.